The number of rotatable bonds is 7. The van der Waals surface area contributed by atoms with Crippen LogP contribution in [0.1, 0.15) is 18.2 Å². The zero-order valence-electron chi connectivity index (χ0n) is 10.5. The summed E-state index contributed by atoms with van der Waals surface area (Å²) in [5, 5.41) is 8.69. The van der Waals surface area contributed by atoms with Gasteiger partial charge in [0, 0.05) is 18.0 Å². The van der Waals surface area contributed by atoms with Gasteiger partial charge in [0.15, 0.2) is 5.96 Å². The number of thiophene rings is 1. The van der Waals surface area contributed by atoms with Crippen molar-refractivity contribution in [3.05, 3.63) is 22.4 Å². The molecule has 0 amide bonds. The molecule has 0 bridgehead atoms. The van der Waals surface area contributed by atoms with Crippen LogP contribution in [0.15, 0.2) is 22.5 Å². The molecule has 1 aromatic rings. The summed E-state index contributed by atoms with van der Waals surface area (Å²) in [4.78, 5) is 5.85. The molecule has 0 fully saturated rings. The maximum atomic E-state index is 4.55. The highest BCUT2D eigenvalue weighted by atomic mass is 32.2. The zero-order chi connectivity index (χ0) is 12.3. The molecule has 1 aromatic heterocycles. The van der Waals surface area contributed by atoms with E-state index in [0.717, 1.165) is 25.6 Å². The van der Waals surface area contributed by atoms with Gasteiger partial charge >= 0.3 is 0 Å². The van der Waals surface area contributed by atoms with Crippen LogP contribution in [0.25, 0.3) is 0 Å². The van der Waals surface area contributed by atoms with Gasteiger partial charge in [0.2, 0.25) is 0 Å². The topological polar surface area (TPSA) is 36.4 Å². The van der Waals surface area contributed by atoms with Gasteiger partial charge in [-0.3, -0.25) is 0 Å². The minimum absolute atomic E-state index is 0.759. The summed E-state index contributed by atoms with van der Waals surface area (Å²) < 4.78 is 0. The molecular weight excluding hydrogens is 250 g/mol. The Morgan fingerprint density at radius 2 is 2.35 bits per heavy atom. The average molecular weight is 271 g/mol. The summed E-state index contributed by atoms with van der Waals surface area (Å²) in [7, 11) is 0. The third kappa shape index (κ3) is 6.58. The van der Waals surface area contributed by atoms with Gasteiger partial charge in [0.1, 0.15) is 0 Å². The second-order valence-corrected chi connectivity index (χ2v) is 5.57. The normalized spacial score (nSPS) is 11.5. The van der Waals surface area contributed by atoms with Crippen molar-refractivity contribution in [1.82, 2.24) is 10.6 Å². The van der Waals surface area contributed by atoms with Crippen LogP contribution in [0.3, 0.4) is 0 Å². The molecule has 5 heteroatoms. The van der Waals surface area contributed by atoms with Crippen molar-refractivity contribution >= 4 is 29.1 Å². The average Bonchev–Trinajstić information content (AvgIpc) is 2.84. The van der Waals surface area contributed by atoms with E-state index >= 15 is 0 Å². The smallest absolute Gasteiger partial charge is 0.191 e. The lowest BCUT2D eigenvalue weighted by Gasteiger charge is -2.10. The third-order valence-electron chi connectivity index (χ3n) is 2.14. The molecule has 0 aromatic carbocycles. The zero-order valence-corrected chi connectivity index (χ0v) is 12.2. The van der Waals surface area contributed by atoms with Gasteiger partial charge < -0.3 is 10.6 Å². The molecule has 0 unspecified atom stereocenters. The first-order chi connectivity index (χ1) is 8.36. The lowest BCUT2D eigenvalue weighted by atomic mass is 10.4. The molecular formula is C12H21N3S2. The van der Waals surface area contributed by atoms with Crippen molar-refractivity contribution in [1.29, 1.82) is 0 Å². The van der Waals surface area contributed by atoms with Crippen LogP contribution in [0, 0.1) is 0 Å². The second-order valence-electron chi connectivity index (χ2n) is 3.55. The SMILES string of the molecule is CCNC(=NCc1cccs1)NCCCSC. The van der Waals surface area contributed by atoms with Crippen molar-refractivity contribution in [2.24, 2.45) is 4.99 Å². The van der Waals surface area contributed by atoms with E-state index in [-0.39, 0.29) is 0 Å². The van der Waals surface area contributed by atoms with Crippen LogP contribution in [0.5, 0.6) is 0 Å². The molecule has 17 heavy (non-hydrogen) atoms. The molecule has 3 nitrogen and oxygen atoms in total. The van der Waals surface area contributed by atoms with Crippen LogP contribution in [-0.2, 0) is 6.54 Å². The Hall–Kier alpha value is -0.680. The van der Waals surface area contributed by atoms with Crippen molar-refractivity contribution in [2.75, 3.05) is 25.1 Å². The van der Waals surface area contributed by atoms with Crippen LogP contribution < -0.4 is 10.6 Å². The van der Waals surface area contributed by atoms with Crippen molar-refractivity contribution < 1.29 is 0 Å². The molecule has 0 aliphatic carbocycles. The first kappa shape index (κ1) is 14.4. The van der Waals surface area contributed by atoms with E-state index in [1.807, 2.05) is 11.8 Å². The highest BCUT2D eigenvalue weighted by Crippen LogP contribution is 2.09. The van der Waals surface area contributed by atoms with Gasteiger partial charge in [0.25, 0.3) is 0 Å². The van der Waals surface area contributed by atoms with Crippen LogP contribution in [0.2, 0.25) is 0 Å². The second kappa shape index (κ2) is 9.36. The molecule has 0 saturated carbocycles. The van der Waals surface area contributed by atoms with E-state index in [0.29, 0.717) is 0 Å². The van der Waals surface area contributed by atoms with E-state index in [1.165, 1.54) is 17.1 Å². The Morgan fingerprint density at radius 3 is 3.00 bits per heavy atom. The Balaban J connectivity index is 2.33. The number of nitrogens with one attached hydrogen (secondary N) is 2. The fourth-order valence-electron chi connectivity index (χ4n) is 1.32. The molecule has 0 saturated heterocycles. The van der Waals surface area contributed by atoms with Crippen molar-refractivity contribution in [2.45, 2.75) is 19.9 Å². The van der Waals surface area contributed by atoms with E-state index in [2.05, 4.69) is 46.3 Å². The van der Waals surface area contributed by atoms with Crippen LogP contribution in [-0.4, -0.2) is 31.1 Å². The van der Waals surface area contributed by atoms with Gasteiger partial charge in [-0.2, -0.15) is 11.8 Å². The minimum atomic E-state index is 0.759. The van der Waals surface area contributed by atoms with E-state index in [9.17, 15) is 0 Å². The first-order valence-electron chi connectivity index (χ1n) is 5.90. The maximum absolute atomic E-state index is 4.55. The van der Waals surface area contributed by atoms with Crippen LogP contribution >= 0.6 is 23.1 Å². The fourth-order valence-corrected chi connectivity index (χ4v) is 2.39. The lowest BCUT2D eigenvalue weighted by molar-refractivity contribution is 0.791. The van der Waals surface area contributed by atoms with Gasteiger partial charge in [-0.15, -0.1) is 11.3 Å². The Morgan fingerprint density at radius 1 is 1.47 bits per heavy atom. The fraction of sp³-hybridized carbons (Fsp3) is 0.583. The Kier molecular flexibility index (Phi) is 7.92. The predicted molar refractivity (Wildman–Crippen MR) is 80.1 cm³/mol. The number of hydrogen-bond donors (Lipinski definition) is 2. The molecule has 1 heterocycles. The first-order valence-corrected chi connectivity index (χ1v) is 8.17. The molecule has 0 radical (unpaired) electrons. The lowest BCUT2D eigenvalue weighted by Crippen LogP contribution is -2.37. The highest BCUT2D eigenvalue weighted by Gasteiger charge is 1.97. The van der Waals surface area contributed by atoms with E-state index < -0.39 is 0 Å². The maximum Gasteiger partial charge on any atom is 0.191 e. The minimum Gasteiger partial charge on any atom is -0.357 e. The quantitative estimate of drug-likeness (QED) is 0.454. The van der Waals surface area contributed by atoms with Gasteiger partial charge in [0.05, 0.1) is 6.54 Å². The Labute approximate surface area is 112 Å². The highest BCUT2D eigenvalue weighted by molar-refractivity contribution is 7.98. The van der Waals surface area contributed by atoms with Gasteiger partial charge in [-0.1, -0.05) is 6.07 Å². The summed E-state index contributed by atoms with van der Waals surface area (Å²) in [6, 6.07) is 4.18. The number of hydrogen-bond acceptors (Lipinski definition) is 3. The molecule has 2 N–H and O–H groups in total. The van der Waals surface area contributed by atoms with Crippen molar-refractivity contribution in [3.8, 4) is 0 Å². The molecule has 0 spiro atoms. The van der Waals surface area contributed by atoms with E-state index in [1.54, 1.807) is 11.3 Å². The molecule has 0 aliphatic heterocycles. The summed E-state index contributed by atoms with van der Waals surface area (Å²) in [5.41, 5.74) is 0. The van der Waals surface area contributed by atoms with E-state index in [4.69, 9.17) is 0 Å². The molecule has 96 valence electrons. The predicted octanol–water partition coefficient (Wildman–Crippen LogP) is 2.56. The molecule has 0 atom stereocenters. The number of guanidine groups is 1. The Bertz CT molecular complexity index is 310. The third-order valence-corrected chi connectivity index (χ3v) is 3.69. The summed E-state index contributed by atoms with van der Waals surface area (Å²) in [6.45, 7) is 4.73. The van der Waals surface area contributed by atoms with Gasteiger partial charge in [-0.05, 0) is 36.8 Å². The summed E-state index contributed by atoms with van der Waals surface area (Å²) in [5.74, 6) is 2.11. The van der Waals surface area contributed by atoms with Gasteiger partial charge in [-0.25, -0.2) is 4.99 Å². The summed E-state index contributed by atoms with van der Waals surface area (Å²) >= 11 is 3.63. The van der Waals surface area contributed by atoms with Crippen molar-refractivity contribution in [3.63, 3.8) is 0 Å². The summed E-state index contributed by atoms with van der Waals surface area (Å²) in [6.07, 6.45) is 3.31. The number of aliphatic imine (C=N–C) groups is 1. The largest absolute Gasteiger partial charge is 0.357 e. The number of thioether (sulfide) groups is 1. The molecule has 1 rings (SSSR count). The monoisotopic (exact) mass is 271 g/mol. The standard InChI is InChI=1S/C12H21N3S2/c1-3-13-12(14-7-5-8-16-2)15-10-11-6-4-9-17-11/h4,6,9H,3,5,7-8,10H2,1-2H3,(H2,13,14,15). The number of nitrogens with zero attached hydrogens (tertiary/aromatic N) is 1. The van der Waals surface area contributed by atoms with Crippen LogP contribution in [0.4, 0.5) is 0 Å². The molecule has 0 aliphatic rings.